The molecule has 2 aromatic rings. The van der Waals surface area contributed by atoms with Crippen LogP contribution in [0.3, 0.4) is 0 Å². The Labute approximate surface area is 161 Å². The SMILES string of the molecule is CCc1c(C)sc(NC(=S)Nc2ccc(NC(C)=O)cc2)c1C(=O)OC. The average molecular weight is 392 g/mol. The van der Waals surface area contributed by atoms with Crippen molar-refractivity contribution in [3.8, 4) is 0 Å². The van der Waals surface area contributed by atoms with Crippen LogP contribution in [0.2, 0.25) is 0 Å². The van der Waals surface area contributed by atoms with Gasteiger partial charge in [0.15, 0.2) is 5.11 Å². The zero-order valence-corrected chi connectivity index (χ0v) is 16.7. The number of amides is 1. The summed E-state index contributed by atoms with van der Waals surface area (Å²) in [7, 11) is 1.37. The molecule has 6 nitrogen and oxygen atoms in total. The van der Waals surface area contributed by atoms with Crippen LogP contribution in [0.25, 0.3) is 0 Å². The molecule has 1 aromatic heterocycles. The highest BCUT2D eigenvalue weighted by Crippen LogP contribution is 2.34. The zero-order chi connectivity index (χ0) is 19.3. The molecule has 0 atom stereocenters. The van der Waals surface area contributed by atoms with E-state index in [1.54, 1.807) is 24.3 Å². The highest BCUT2D eigenvalue weighted by atomic mass is 32.1. The minimum absolute atomic E-state index is 0.127. The number of benzene rings is 1. The van der Waals surface area contributed by atoms with E-state index < -0.39 is 0 Å². The second-order valence-corrected chi connectivity index (χ2v) is 7.16. The predicted octanol–water partition coefficient (Wildman–Crippen LogP) is 4.17. The summed E-state index contributed by atoms with van der Waals surface area (Å²) in [5.41, 5.74) is 2.96. The molecule has 8 heteroatoms. The van der Waals surface area contributed by atoms with Crippen molar-refractivity contribution in [1.29, 1.82) is 0 Å². The number of ether oxygens (including phenoxy) is 1. The standard InChI is InChI=1S/C18H21N3O3S2/c1-5-14-10(2)26-16(15(14)17(23)24-4)21-18(25)20-13-8-6-12(7-9-13)19-11(3)22/h6-9H,5H2,1-4H3,(H,19,22)(H2,20,21,25). The van der Waals surface area contributed by atoms with Crippen LogP contribution >= 0.6 is 23.6 Å². The number of hydrogen-bond acceptors (Lipinski definition) is 5. The molecule has 0 radical (unpaired) electrons. The largest absolute Gasteiger partial charge is 0.465 e. The van der Waals surface area contributed by atoms with E-state index in [2.05, 4.69) is 16.0 Å². The Morgan fingerprint density at radius 1 is 1.12 bits per heavy atom. The Bertz CT molecular complexity index is 829. The number of anilines is 3. The Kier molecular flexibility index (Phi) is 6.70. The summed E-state index contributed by atoms with van der Waals surface area (Å²) >= 11 is 6.83. The second kappa shape index (κ2) is 8.77. The fourth-order valence-electron chi connectivity index (χ4n) is 2.52. The van der Waals surface area contributed by atoms with Crippen LogP contribution in [0.15, 0.2) is 24.3 Å². The molecule has 0 aliphatic heterocycles. The Morgan fingerprint density at radius 2 is 1.69 bits per heavy atom. The van der Waals surface area contributed by atoms with Crippen molar-refractivity contribution in [1.82, 2.24) is 0 Å². The van der Waals surface area contributed by atoms with Gasteiger partial charge in [0.25, 0.3) is 0 Å². The third-order valence-corrected chi connectivity index (χ3v) is 4.91. The second-order valence-electron chi connectivity index (χ2n) is 5.52. The van der Waals surface area contributed by atoms with Crippen molar-refractivity contribution < 1.29 is 14.3 Å². The number of hydrogen-bond donors (Lipinski definition) is 3. The van der Waals surface area contributed by atoms with Gasteiger partial charge in [-0.1, -0.05) is 6.92 Å². The van der Waals surface area contributed by atoms with E-state index in [1.165, 1.54) is 25.4 Å². The number of thiophene rings is 1. The van der Waals surface area contributed by atoms with Crippen molar-refractivity contribution in [3.05, 3.63) is 40.3 Å². The van der Waals surface area contributed by atoms with E-state index in [4.69, 9.17) is 17.0 Å². The molecule has 3 N–H and O–H groups in total. The summed E-state index contributed by atoms with van der Waals surface area (Å²) in [5, 5.41) is 9.88. The molecule has 1 aromatic carbocycles. The number of aryl methyl sites for hydroxylation is 1. The summed E-state index contributed by atoms with van der Waals surface area (Å²) in [4.78, 5) is 24.2. The summed E-state index contributed by atoms with van der Waals surface area (Å²) < 4.78 is 4.91. The molecule has 0 unspecified atom stereocenters. The molecule has 0 fully saturated rings. The van der Waals surface area contributed by atoms with E-state index in [0.717, 1.165) is 22.5 Å². The fraction of sp³-hybridized carbons (Fsp3) is 0.278. The molecule has 0 bridgehead atoms. The molecule has 0 aliphatic rings. The molecule has 1 amide bonds. The van der Waals surface area contributed by atoms with E-state index in [9.17, 15) is 9.59 Å². The molecule has 1 heterocycles. The Balaban J connectivity index is 2.13. The van der Waals surface area contributed by atoms with Crippen LogP contribution in [0, 0.1) is 6.92 Å². The van der Waals surface area contributed by atoms with E-state index in [1.807, 2.05) is 13.8 Å². The van der Waals surface area contributed by atoms with Crippen LogP contribution in [0.5, 0.6) is 0 Å². The van der Waals surface area contributed by atoms with Gasteiger partial charge in [0.2, 0.25) is 5.91 Å². The highest BCUT2D eigenvalue weighted by Gasteiger charge is 2.22. The maximum Gasteiger partial charge on any atom is 0.341 e. The zero-order valence-electron chi connectivity index (χ0n) is 15.1. The van der Waals surface area contributed by atoms with Crippen molar-refractivity contribution in [2.24, 2.45) is 0 Å². The first-order valence-electron chi connectivity index (χ1n) is 8.02. The van der Waals surface area contributed by atoms with Crippen LogP contribution in [0.4, 0.5) is 16.4 Å². The summed E-state index contributed by atoms with van der Waals surface area (Å²) in [6.07, 6.45) is 0.735. The number of rotatable bonds is 5. The van der Waals surface area contributed by atoms with Crippen LogP contribution in [0.1, 0.15) is 34.6 Å². The smallest absolute Gasteiger partial charge is 0.341 e. The number of methoxy groups -OCH3 is 1. The van der Waals surface area contributed by atoms with Gasteiger partial charge in [0, 0.05) is 23.2 Å². The summed E-state index contributed by atoms with van der Waals surface area (Å²) in [6, 6.07) is 7.16. The topological polar surface area (TPSA) is 79.5 Å². The summed E-state index contributed by atoms with van der Waals surface area (Å²) in [5.74, 6) is -0.505. The lowest BCUT2D eigenvalue weighted by Crippen LogP contribution is -2.20. The first-order valence-corrected chi connectivity index (χ1v) is 9.24. The van der Waals surface area contributed by atoms with Gasteiger partial charge in [0.05, 0.1) is 12.7 Å². The lowest BCUT2D eigenvalue weighted by Gasteiger charge is -2.11. The fourth-order valence-corrected chi connectivity index (χ4v) is 3.94. The van der Waals surface area contributed by atoms with Gasteiger partial charge in [-0.3, -0.25) is 4.79 Å². The quantitative estimate of drug-likeness (QED) is 0.524. The number of nitrogens with one attached hydrogen (secondary N) is 3. The minimum atomic E-state index is -0.379. The predicted molar refractivity (Wildman–Crippen MR) is 110 cm³/mol. The van der Waals surface area contributed by atoms with Gasteiger partial charge in [-0.05, 0) is 55.4 Å². The maximum atomic E-state index is 12.1. The summed E-state index contributed by atoms with van der Waals surface area (Å²) in [6.45, 7) is 5.43. The number of thiocarbonyl (C=S) groups is 1. The van der Waals surface area contributed by atoms with Crippen LogP contribution in [-0.2, 0) is 16.0 Å². The maximum absolute atomic E-state index is 12.1. The third-order valence-electron chi connectivity index (χ3n) is 3.64. The van der Waals surface area contributed by atoms with Crippen molar-refractivity contribution in [2.75, 3.05) is 23.1 Å². The molecular weight excluding hydrogens is 370 g/mol. The molecular formula is C18H21N3O3S2. The lowest BCUT2D eigenvalue weighted by molar-refractivity contribution is -0.114. The molecule has 0 aliphatic carbocycles. The number of carbonyl (C=O) groups is 2. The van der Waals surface area contributed by atoms with Crippen molar-refractivity contribution in [3.63, 3.8) is 0 Å². The van der Waals surface area contributed by atoms with Gasteiger partial charge >= 0.3 is 5.97 Å². The van der Waals surface area contributed by atoms with Crippen LogP contribution in [-0.4, -0.2) is 24.1 Å². The molecule has 26 heavy (non-hydrogen) atoms. The highest BCUT2D eigenvalue weighted by molar-refractivity contribution is 7.80. The average Bonchev–Trinajstić information content (AvgIpc) is 2.90. The lowest BCUT2D eigenvalue weighted by atomic mass is 10.1. The first kappa shape index (κ1) is 19.9. The van der Waals surface area contributed by atoms with Gasteiger partial charge in [-0.15, -0.1) is 11.3 Å². The number of esters is 1. The van der Waals surface area contributed by atoms with Gasteiger partial charge in [-0.25, -0.2) is 4.79 Å². The van der Waals surface area contributed by atoms with Gasteiger partial charge in [-0.2, -0.15) is 0 Å². The molecule has 0 spiro atoms. The Hall–Kier alpha value is -2.45. The van der Waals surface area contributed by atoms with Crippen molar-refractivity contribution >= 4 is 56.9 Å². The Morgan fingerprint density at radius 3 is 2.19 bits per heavy atom. The molecule has 0 saturated heterocycles. The first-order chi connectivity index (χ1) is 12.3. The van der Waals surface area contributed by atoms with Gasteiger partial charge in [0.1, 0.15) is 5.00 Å². The van der Waals surface area contributed by atoms with Gasteiger partial charge < -0.3 is 20.7 Å². The third kappa shape index (κ3) is 4.80. The van der Waals surface area contributed by atoms with E-state index in [0.29, 0.717) is 21.4 Å². The monoisotopic (exact) mass is 391 g/mol. The molecule has 2 rings (SSSR count). The van der Waals surface area contributed by atoms with E-state index in [-0.39, 0.29) is 11.9 Å². The van der Waals surface area contributed by atoms with E-state index >= 15 is 0 Å². The minimum Gasteiger partial charge on any atom is -0.465 e. The van der Waals surface area contributed by atoms with Crippen LogP contribution < -0.4 is 16.0 Å². The van der Waals surface area contributed by atoms with Crippen molar-refractivity contribution in [2.45, 2.75) is 27.2 Å². The molecule has 0 saturated carbocycles. The normalized spacial score (nSPS) is 10.2. The number of carbonyl (C=O) groups excluding carboxylic acids is 2. The molecule has 138 valence electrons.